The summed E-state index contributed by atoms with van der Waals surface area (Å²) >= 11 is 0. The van der Waals surface area contributed by atoms with Gasteiger partial charge in [-0.25, -0.2) is 4.79 Å². The molecule has 0 aromatic carbocycles. The van der Waals surface area contributed by atoms with Gasteiger partial charge in [0, 0.05) is 13.0 Å². The maximum atomic E-state index is 14.1. The van der Waals surface area contributed by atoms with Gasteiger partial charge in [0.15, 0.2) is 5.96 Å². The van der Waals surface area contributed by atoms with Crippen LogP contribution in [0.2, 0.25) is 0 Å². The third kappa shape index (κ3) is 23.4. The van der Waals surface area contributed by atoms with E-state index in [9.17, 15) is 63.3 Å². The lowest BCUT2D eigenvalue weighted by atomic mass is 10.0. The molecule has 0 bridgehead atoms. The van der Waals surface area contributed by atoms with Gasteiger partial charge in [0.05, 0.1) is 19.3 Å². The minimum absolute atomic E-state index is 0.00265. The fraction of sp³-hybridized carbons (Fsp3) is 0.738. The van der Waals surface area contributed by atoms with Crippen LogP contribution in [-0.4, -0.2) is 179 Å². The Bertz CT molecular complexity index is 1780. The molecule has 70 heavy (non-hydrogen) atoms. The van der Waals surface area contributed by atoms with E-state index < -0.39 is 140 Å². The normalized spacial score (nSPS) is 16.6. The second-order valence-electron chi connectivity index (χ2n) is 17.1. The van der Waals surface area contributed by atoms with Crippen molar-refractivity contribution in [1.29, 1.82) is 0 Å². The van der Waals surface area contributed by atoms with Crippen molar-refractivity contribution in [3.8, 4) is 0 Å². The van der Waals surface area contributed by atoms with Crippen molar-refractivity contribution < 1.29 is 68.4 Å². The predicted octanol–water partition coefficient (Wildman–Crippen LogP) is -6.46. The van der Waals surface area contributed by atoms with Gasteiger partial charge < -0.3 is 91.2 Å². The molecule has 0 aromatic heterocycles. The van der Waals surface area contributed by atoms with Crippen LogP contribution in [0.3, 0.4) is 0 Å². The molecular weight excluding hydrogens is 925 g/mol. The van der Waals surface area contributed by atoms with Gasteiger partial charge in [-0.3, -0.25) is 48.1 Å². The summed E-state index contributed by atoms with van der Waals surface area (Å²) < 4.78 is 0. The Balaban J connectivity index is 3.24. The molecule has 0 saturated carbocycles. The summed E-state index contributed by atoms with van der Waals surface area (Å²) in [5.74, 6) is -10.7. The van der Waals surface area contributed by atoms with Gasteiger partial charge in [-0.1, -0.05) is 13.8 Å². The number of hydrogen-bond acceptors (Lipinski definition) is 16. The van der Waals surface area contributed by atoms with Crippen LogP contribution in [0.5, 0.6) is 0 Å². The predicted molar refractivity (Wildman–Crippen MR) is 251 cm³/mol. The molecule has 28 nitrogen and oxygen atoms in total. The fourth-order valence-electron chi connectivity index (χ4n) is 6.93. The highest BCUT2D eigenvalue weighted by Crippen LogP contribution is 2.11. The van der Waals surface area contributed by atoms with Crippen molar-refractivity contribution in [3.05, 3.63) is 0 Å². The van der Waals surface area contributed by atoms with E-state index in [4.69, 9.17) is 28.0 Å². The minimum Gasteiger partial charge on any atom is -0.481 e. The summed E-state index contributed by atoms with van der Waals surface area (Å²) in [4.78, 5) is 134. The van der Waals surface area contributed by atoms with Gasteiger partial charge in [0.2, 0.25) is 47.3 Å². The Morgan fingerprint density at radius 2 is 1.03 bits per heavy atom. The van der Waals surface area contributed by atoms with E-state index in [1.165, 1.54) is 0 Å². The standard InChI is InChI=1S/C42H76N14O14/c1-22(2)32(40(68)55-30(21-58)39(67)54-29(20-57)38(66)49-23(3)33(61)53-28(41(69)70)14-15-31(59)60)56-37(65)26(11-5-7-17-44)51-36(64)27(13-9-19-48-42(45)46)52-35(63)25(10-4-6-16-43)50-34(62)24-12-8-18-47-24/h22-30,32,47,57-58H,4-21,43-44H2,1-3H3,(H,49,66)(H,50,62)(H,51,64)(H,52,63)(H,53,61)(H,54,67)(H,55,68)(H,56,65)(H,59,60)(H,69,70)(H4,45,46,48)/t23-,24-,25-,26-,27-,28-,29-,30-,32-/m0/s1. The third-order valence-electron chi connectivity index (χ3n) is 11.0. The molecule has 0 unspecified atom stereocenters. The molecule has 9 atom stereocenters. The topological polar surface area (TPSA) is 476 Å². The third-order valence-corrected chi connectivity index (χ3v) is 11.0. The van der Waals surface area contributed by atoms with Crippen molar-refractivity contribution in [1.82, 2.24) is 47.9 Å². The number of guanidine groups is 1. The molecule has 0 aromatic rings. The minimum atomic E-state index is -1.76. The average Bonchev–Trinajstić information content (AvgIpc) is 3.85. The summed E-state index contributed by atoms with van der Waals surface area (Å²) in [6.07, 6.45) is 2.62. The molecular formula is C42H76N14O14. The molecule has 0 radical (unpaired) electrons. The molecule has 1 saturated heterocycles. The van der Waals surface area contributed by atoms with Crippen LogP contribution in [0.4, 0.5) is 0 Å². The number of carboxylic acid groups (broad SMARTS) is 2. The molecule has 0 aliphatic carbocycles. The summed E-state index contributed by atoms with van der Waals surface area (Å²) in [6, 6.07) is -12.0. The van der Waals surface area contributed by atoms with Crippen LogP contribution < -0.4 is 70.8 Å². The lowest BCUT2D eigenvalue weighted by Crippen LogP contribution is -2.61. The van der Waals surface area contributed by atoms with Crippen LogP contribution in [0.15, 0.2) is 4.99 Å². The van der Waals surface area contributed by atoms with Crippen molar-refractivity contribution in [2.24, 2.45) is 33.8 Å². The summed E-state index contributed by atoms with van der Waals surface area (Å²) in [5.41, 5.74) is 22.3. The van der Waals surface area contributed by atoms with Crippen LogP contribution in [-0.2, 0) is 47.9 Å². The quantitative estimate of drug-likeness (QED) is 0.0159. The molecule has 1 rings (SSSR count). The van der Waals surface area contributed by atoms with Gasteiger partial charge in [0.1, 0.15) is 48.3 Å². The highest BCUT2D eigenvalue weighted by Gasteiger charge is 2.35. The summed E-state index contributed by atoms with van der Waals surface area (Å²) in [7, 11) is 0. The van der Waals surface area contributed by atoms with E-state index >= 15 is 0 Å². The first-order valence-electron chi connectivity index (χ1n) is 23.4. The largest absolute Gasteiger partial charge is 0.481 e. The first-order valence-corrected chi connectivity index (χ1v) is 23.4. The molecule has 21 N–H and O–H groups in total. The zero-order valence-corrected chi connectivity index (χ0v) is 40.1. The number of carboxylic acids is 2. The fourth-order valence-corrected chi connectivity index (χ4v) is 6.93. The van der Waals surface area contributed by atoms with Crippen LogP contribution in [0, 0.1) is 5.92 Å². The number of nitrogens with zero attached hydrogens (tertiary/aromatic N) is 1. The van der Waals surface area contributed by atoms with Gasteiger partial charge in [-0.15, -0.1) is 0 Å². The van der Waals surface area contributed by atoms with E-state index in [0.717, 1.165) is 13.3 Å². The van der Waals surface area contributed by atoms with E-state index in [2.05, 4.69) is 52.8 Å². The average molecular weight is 1000 g/mol. The number of rotatable bonds is 35. The van der Waals surface area contributed by atoms with Crippen LogP contribution in [0.25, 0.3) is 0 Å². The Morgan fingerprint density at radius 1 is 0.571 bits per heavy atom. The number of aliphatic carboxylic acids is 2. The van der Waals surface area contributed by atoms with Crippen LogP contribution in [0.1, 0.15) is 97.8 Å². The number of aliphatic hydroxyl groups is 2. The highest BCUT2D eigenvalue weighted by atomic mass is 16.4. The van der Waals surface area contributed by atoms with E-state index in [1.807, 2.05) is 0 Å². The maximum Gasteiger partial charge on any atom is 0.326 e. The van der Waals surface area contributed by atoms with E-state index in [-0.39, 0.29) is 50.6 Å². The van der Waals surface area contributed by atoms with Gasteiger partial charge in [0.25, 0.3) is 0 Å². The molecule has 1 heterocycles. The van der Waals surface area contributed by atoms with Crippen LogP contribution >= 0.6 is 0 Å². The Morgan fingerprint density at radius 3 is 1.49 bits per heavy atom. The van der Waals surface area contributed by atoms with Crippen molar-refractivity contribution in [2.75, 3.05) is 39.4 Å². The molecule has 1 fully saturated rings. The van der Waals surface area contributed by atoms with Gasteiger partial charge >= 0.3 is 11.9 Å². The molecule has 398 valence electrons. The Labute approximate surface area is 406 Å². The second-order valence-corrected chi connectivity index (χ2v) is 17.1. The van der Waals surface area contributed by atoms with Gasteiger partial charge in [-0.2, -0.15) is 0 Å². The monoisotopic (exact) mass is 1000 g/mol. The molecule has 1 aliphatic rings. The van der Waals surface area contributed by atoms with E-state index in [1.54, 1.807) is 13.8 Å². The molecule has 8 amide bonds. The number of hydrogen-bond donors (Lipinski definition) is 17. The SMILES string of the molecule is CC(C)[C@H](NC(=O)[C@H](CCCCN)NC(=O)[C@H](CCCN=C(N)N)NC(=O)[C@H](CCCCN)NC(=O)[C@@H]1CCCN1)C(=O)N[C@@H](CO)C(=O)N[C@@H](CO)C(=O)N[C@@H](C)C(=O)N[C@@H](CCC(=O)O)C(=O)O. The first-order chi connectivity index (χ1) is 33.1. The molecule has 28 heteroatoms. The number of carbonyl (C=O) groups is 10. The van der Waals surface area contributed by atoms with E-state index in [0.29, 0.717) is 45.2 Å². The van der Waals surface area contributed by atoms with Crippen molar-refractivity contribution >= 4 is 65.2 Å². The molecule has 1 aliphatic heterocycles. The highest BCUT2D eigenvalue weighted by molar-refractivity contribution is 5.98. The number of amides is 8. The zero-order chi connectivity index (χ0) is 52.9. The zero-order valence-electron chi connectivity index (χ0n) is 40.1. The molecule has 0 spiro atoms. The number of aliphatic imine (C=N–C) groups is 1. The number of aliphatic hydroxyl groups excluding tert-OH is 2. The maximum absolute atomic E-state index is 14.1. The number of nitrogens with two attached hydrogens (primary N) is 4. The lowest BCUT2D eigenvalue weighted by molar-refractivity contribution is -0.143. The number of unbranched alkanes of at least 4 members (excludes halogenated alkanes) is 2. The second kappa shape index (κ2) is 33.3. The first kappa shape index (κ1) is 61.8. The van der Waals surface area contributed by atoms with Gasteiger partial charge in [-0.05, 0) is 103 Å². The smallest absolute Gasteiger partial charge is 0.326 e. The van der Waals surface area contributed by atoms with Crippen molar-refractivity contribution in [2.45, 2.75) is 152 Å². The van der Waals surface area contributed by atoms with Crippen molar-refractivity contribution in [3.63, 3.8) is 0 Å². The summed E-state index contributed by atoms with van der Waals surface area (Å²) in [6.45, 7) is 3.52. The number of carbonyl (C=O) groups excluding carboxylic acids is 8. The lowest BCUT2D eigenvalue weighted by Gasteiger charge is -2.29. The Kier molecular flexibility index (Phi) is 29.4. The Hall–Kier alpha value is -6.23. The summed E-state index contributed by atoms with van der Waals surface area (Å²) in [5, 5.41) is 60.7. The number of nitrogens with one attached hydrogen (secondary N) is 9.